The van der Waals surface area contributed by atoms with Gasteiger partial charge in [-0.3, -0.25) is 4.79 Å². The summed E-state index contributed by atoms with van der Waals surface area (Å²) in [4.78, 5) is 10.5. The average Bonchev–Trinajstić information content (AvgIpc) is 2.21. The van der Waals surface area contributed by atoms with Crippen LogP contribution in [0.1, 0.15) is 46.5 Å². The maximum absolute atomic E-state index is 10.5. The van der Waals surface area contributed by atoms with E-state index in [0.29, 0.717) is 0 Å². The Bertz CT molecular complexity index is 261. The van der Waals surface area contributed by atoms with E-state index in [-0.39, 0.29) is 11.8 Å². The second-order valence-electron chi connectivity index (χ2n) is 4.73. The fourth-order valence-corrected chi connectivity index (χ4v) is 1.40. The van der Waals surface area contributed by atoms with E-state index in [9.17, 15) is 4.79 Å². The van der Waals surface area contributed by atoms with Gasteiger partial charge in [0, 0.05) is 19.4 Å². The molecule has 0 spiro atoms. The predicted molar refractivity (Wildman–Crippen MR) is 66.2 cm³/mol. The Morgan fingerprint density at radius 2 is 2.00 bits per heavy atom. The summed E-state index contributed by atoms with van der Waals surface area (Å²) in [7, 11) is 0. The van der Waals surface area contributed by atoms with Crippen molar-refractivity contribution in [1.82, 2.24) is 5.32 Å². The van der Waals surface area contributed by atoms with Crippen LogP contribution in [-0.4, -0.2) is 24.2 Å². The van der Waals surface area contributed by atoms with Crippen LogP contribution in [0.2, 0.25) is 0 Å². The lowest BCUT2D eigenvalue weighted by Crippen LogP contribution is -2.23. The topological polar surface area (TPSA) is 49.3 Å². The molecule has 0 unspecified atom stereocenters. The van der Waals surface area contributed by atoms with Crippen LogP contribution in [0.3, 0.4) is 0 Å². The number of hydrogen-bond donors (Lipinski definition) is 2. The molecule has 3 nitrogen and oxygen atoms in total. The van der Waals surface area contributed by atoms with Crippen molar-refractivity contribution >= 4 is 5.97 Å². The van der Waals surface area contributed by atoms with Crippen molar-refractivity contribution in [2.45, 2.75) is 46.5 Å². The van der Waals surface area contributed by atoms with Crippen LogP contribution in [0.4, 0.5) is 0 Å². The third-order valence-electron chi connectivity index (χ3n) is 2.60. The van der Waals surface area contributed by atoms with Gasteiger partial charge in [-0.15, -0.1) is 11.8 Å². The highest BCUT2D eigenvalue weighted by Gasteiger charge is 2.18. The molecular weight excluding hydrogens is 202 g/mol. The Morgan fingerprint density at radius 3 is 2.56 bits per heavy atom. The van der Waals surface area contributed by atoms with Crippen LogP contribution in [0.15, 0.2) is 0 Å². The minimum Gasteiger partial charge on any atom is -0.481 e. The molecule has 0 amide bonds. The quantitative estimate of drug-likeness (QED) is 0.492. The summed E-state index contributed by atoms with van der Waals surface area (Å²) in [6.45, 7) is 7.91. The van der Waals surface area contributed by atoms with E-state index in [1.807, 2.05) is 6.92 Å². The zero-order valence-electron chi connectivity index (χ0n) is 10.6. The van der Waals surface area contributed by atoms with Crippen LogP contribution in [-0.2, 0) is 4.79 Å². The van der Waals surface area contributed by atoms with Crippen LogP contribution < -0.4 is 5.32 Å². The van der Waals surface area contributed by atoms with Gasteiger partial charge in [-0.2, -0.15) is 0 Å². The minimum atomic E-state index is -0.709. The van der Waals surface area contributed by atoms with Crippen molar-refractivity contribution in [2.24, 2.45) is 5.41 Å². The molecule has 0 aromatic heterocycles. The molecule has 0 aliphatic carbocycles. The van der Waals surface area contributed by atoms with E-state index >= 15 is 0 Å². The first kappa shape index (κ1) is 15.0. The molecule has 0 aliphatic rings. The zero-order chi connectivity index (χ0) is 12.4. The molecule has 0 saturated heterocycles. The van der Waals surface area contributed by atoms with E-state index < -0.39 is 5.97 Å². The van der Waals surface area contributed by atoms with E-state index in [2.05, 4.69) is 31.0 Å². The molecule has 0 atom stereocenters. The molecule has 0 aromatic carbocycles. The Balaban J connectivity index is 3.56. The average molecular weight is 225 g/mol. The largest absolute Gasteiger partial charge is 0.481 e. The van der Waals surface area contributed by atoms with E-state index in [1.165, 1.54) is 0 Å². The Kier molecular flexibility index (Phi) is 7.66. The number of carboxylic acid groups (broad SMARTS) is 1. The highest BCUT2D eigenvalue weighted by atomic mass is 16.4. The number of rotatable bonds is 8. The second kappa shape index (κ2) is 8.18. The van der Waals surface area contributed by atoms with Crippen molar-refractivity contribution in [3.8, 4) is 11.8 Å². The standard InChI is InChI=1S/C13H23NO2/c1-4-5-6-10-14-11-9-13(2,3)8-7-12(15)16/h14H,6-11H2,1-3H3,(H,15,16). The molecule has 0 radical (unpaired) electrons. The molecular formula is C13H23NO2. The lowest BCUT2D eigenvalue weighted by Gasteiger charge is -2.23. The fraction of sp³-hybridized carbons (Fsp3) is 0.769. The van der Waals surface area contributed by atoms with Crippen LogP contribution in [0.5, 0.6) is 0 Å². The summed E-state index contributed by atoms with van der Waals surface area (Å²) in [6.07, 6.45) is 2.87. The molecule has 0 fully saturated rings. The maximum atomic E-state index is 10.5. The normalized spacial score (nSPS) is 10.7. The third kappa shape index (κ3) is 9.54. The zero-order valence-corrected chi connectivity index (χ0v) is 10.6. The Hall–Kier alpha value is -1.01. The number of aliphatic carboxylic acids is 1. The Morgan fingerprint density at radius 1 is 1.31 bits per heavy atom. The summed E-state index contributed by atoms with van der Waals surface area (Å²) in [5, 5.41) is 11.9. The molecule has 0 rings (SSSR count). The molecule has 0 aromatic rings. The van der Waals surface area contributed by atoms with Gasteiger partial charge >= 0.3 is 5.97 Å². The number of hydrogen-bond acceptors (Lipinski definition) is 2. The monoisotopic (exact) mass is 225 g/mol. The SMILES string of the molecule is CC#CCCNCCC(C)(C)CCC(=O)O. The van der Waals surface area contributed by atoms with Crippen molar-refractivity contribution < 1.29 is 9.90 Å². The first-order valence-electron chi connectivity index (χ1n) is 5.80. The highest BCUT2D eigenvalue weighted by molar-refractivity contribution is 5.66. The lowest BCUT2D eigenvalue weighted by molar-refractivity contribution is -0.137. The van der Waals surface area contributed by atoms with Gasteiger partial charge in [-0.1, -0.05) is 13.8 Å². The van der Waals surface area contributed by atoms with Gasteiger partial charge in [0.05, 0.1) is 0 Å². The number of nitrogens with one attached hydrogen (secondary N) is 1. The molecule has 0 aliphatic heterocycles. The molecule has 0 bridgehead atoms. The summed E-state index contributed by atoms with van der Waals surface area (Å²) >= 11 is 0. The van der Waals surface area contributed by atoms with Gasteiger partial charge in [0.25, 0.3) is 0 Å². The predicted octanol–water partition coefficient (Wildman–Crippen LogP) is 2.27. The van der Waals surface area contributed by atoms with Crippen molar-refractivity contribution in [3.63, 3.8) is 0 Å². The maximum Gasteiger partial charge on any atom is 0.303 e. The molecule has 16 heavy (non-hydrogen) atoms. The molecule has 0 heterocycles. The summed E-state index contributed by atoms with van der Waals surface area (Å²) in [5.41, 5.74) is 0.0990. The van der Waals surface area contributed by atoms with E-state index in [0.717, 1.165) is 32.4 Å². The molecule has 3 heteroatoms. The van der Waals surface area contributed by atoms with Crippen LogP contribution >= 0.6 is 0 Å². The summed E-state index contributed by atoms with van der Waals surface area (Å²) < 4.78 is 0. The first-order chi connectivity index (χ1) is 7.48. The van der Waals surface area contributed by atoms with Gasteiger partial charge in [-0.25, -0.2) is 0 Å². The van der Waals surface area contributed by atoms with Gasteiger partial charge in [0.15, 0.2) is 0 Å². The second-order valence-corrected chi connectivity index (χ2v) is 4.73. The lowest BCUT2D eigenvalue weighted by atomic mass is 9.84. The number of carboxylic acids is 1. The van der Waals surface area contributed by atoms with Gasteiger partial charge in [0.1, 0.15) is 0 Å². The summed E-state index contributed by atoms with van der Waals surface area (Å²) in [5.74, 6) is 5.14. The number of carbonyl (C=O) groups is 1. The van der Waals surface area contributed by atoms with Gasteiger partial charge in [0.2, 0.25) is 0 Å². The molecule has 0 saturated carbocycles. The smallest absolute Gasteiger partial charge is 0.303 e. The third-order valence-corrected chi connectivity index (χ3v) is 2.60. The van der Waals surface area contributed by atoms with E-state index in [1.54, 1.807) is 0 Å². The van der Waals surface area contributed by atoms with Crippen LogP contribution in [0.25, 0.3) is 0 Å². The molecule has 2 N–H and O–H groups in total. The first-order valence-corrected chi connectivity index (χ1v) is 5.80. The van der Waals surface area contributed by atoms with Crippen molar-refractivity contribution in [1.29, 1.82) is 0 Å². The summed E-state index contributed by atoms with van der Waals surface area (Å²) in [6, 6.07) is 0. The van der Waals surface area contributed by atoms with Crippen molar-refractivity contribution in [2.75, 3.05) is 13.1 Å². The van der Waals surface area contributed by atoms with Gasteiger partial charge < -0.3 is 10.4 Å². The van der Waals surface area contributed by atoms with Crippen LogP contribution in [0, 0.1) is 17.3 Å². The molecule has 92 valence electrons. The minimum absolute atomic E-state index is 0.0990. The Labute approximate surface area is 98.6 Å². The van der Waals surface area contributed by atoms with E-state index in [4.69, 9.17) is 5.11 Å². The van der Waals surface area contributed by atoms with Crippen molar-refractivity contribution in [3.05, 3.63) is 0 Å². The highest BCUT2D eigenvalue weighted by Crippen LogP contribution is 2.25. The van der Waals surface area contributed by atoms with Gasteiger partial charge in [-0.05, 0) is 31.7 Å². The fourth-order valence-electron chi connectivity index (χ4n) is 1.40.